The van der Waals surface area contributed by atoms with Crippen molar-refractivity contribution in [3.63, 3.8) is 0 Å². The molecule has 0 saturated heterocycles. The summed E-state index contributed by atoms with van der Waals surface area (Å²) in [7, 11) is 1.67. The van der Waals surface area contributed by atoms with Crippen molar-refractivity contribution in [2.45, 2.75) is 39.3 Å². The van der Waals surface area contributed by atoms with Gasteiger partial charge in [0.05, 0.1) is 13.7 Å². The van der Waals surface area contributed by atoms with Crippen LogP contribution in [0, 0.1) is 0 Å². The summed E-state index contributed by atoms with van der Waals surface area (Å²) in [6, 6.07) is 15.0. The molecule has 1 atom stereocenters. The molecule has 3 nitrogen and oxygen atoms in total. The second-order valence-corrected chi connectivity index (χ2v) is 6.75. The Labute approximate surface area is 153 Å². The van der Waals surface area contributed by atoms with E-state index in [1.807, 2.05) is 13.0 Å². The Bertz CT molecular complexity index is 631. The Morgan fingerprint density at radius 1 is 1.17 bits per heavy atom. The normalized spacial score (nSPS) is 12.0. The van der Waals surface area contributed by atoms with Crippen LogP contribution >= 0.6 is 15.9 Å². The number of hydrogen-bond donors (Lipinski definition) is 1. The van der Waals surface area contributed by atoms with Gasteiger partial charge in [0.15, 0.2) is 11.5 Å². The van der Waals surface area contributed by atoms with E-state index in [0.29, 0.717) is 12.6 Å². The van der Waals surface area contributed by atoms with E-state index in [-0.39, 0.29) is 0 Å². The highest BCUT2D eigenvalue weighted by Gasteiger charge is 2.13. The molecule has 4 heteroatoms. The smallest absolute Gasteiger partial charge is 0.165 e. The number of benzene rings is 2. The summed E-state index contributed by atoms with van der Waals surface area (Å²) >= 11 is 3.54. The first kappa shape index (κ1) is 18.8. The first-order valence-corrected chi connectivity index (χ1v) is 9.19. The summed E-state index contributed by atoms with van der Waals surface area (Å²) < 4.78 is 12.2. The maximum absolute atomic E-state index is 5.79. The van der Waals surface area contributed by atoms with Crippen LogP contribution in [-0.2, 0) is 13.0 Å². The molecule has 0 fully saturated rings. The highest BCUT2D eigenvalue weighted by atomic mass is 79.9. The summed E-state index contributed by atoms with van der Waals surface area (Å²) in [4.78, 5) is 0. The van der Waals surface area contributed by atoms with Gasteiger partial charge in [-0.05, 0) is 44.4 Å². The Kier molecular flexibility index (Phi) is 7.60. The minimum Gasteiger partial charge on any atom is -0.493 e. The molecule has 130 valence electrons. The molecule has 0 spiro atoms. The molecule has 0 aliphatic heterocycles. The number of nitrogens with one attached hydrogen (secondary N) is 1. The van der Waals surface area contributed by atoms with Gasteiger partial charge in [0.25, 0.3) is 0 Å². The fourth-order valence-corrected chi connectivity index (χ4v) is 3.11. The second-order valence-electron chi connectivity index (χ2n) is 5.84. The average Bonchev–Trinajstić information content (AvgIpc) is 2.60. The molecule has 2 aromatic carbocycles. The molecule has 2 rings (SSSR count). The van der Waals surface area contributed by atoms with Crippen molar-refractivity contribution in [2.75, 3.05) is 13.7 Å². The lowest BCUT2D eigenvalue weighted by molar-refractivity contribution is 0.306. The van der Waals surface area contributed by atoms with Crippen LogP contribution in [0.4, 0.5) is 0 Å². The lowest BCUT2D eigenvalue weighted by Gasteiger charge is -2.18. The summed E-state index contributed by atoms with van der Waals surface area (Å²) in [6.45, 7) is 5.58. The fraction of sp³-hybridized carbons (Fsp3) is 0.400. The zero-order valence-corrected chi connectivity index (χ0v) is 16.2. The van der Waals surface area contributed by atoms with Crippen LogP contribution < -0.4 is 14.8 Å². The highest BCUT2D eigenvalue weighted by molar-refractivity contribution is 9.10. The highest BCUT2D eigenvalue weighted by Crippen LogP contribution is 2.35. The van der Waals surface area contributed by atoms with E-state index < -0.39 is 0 Å². The van der Waals surface area contributed by atoms with Crippen LogP contribution in [0.5, 0.6) is 11.5 Å². The third kappa shape index (κ3) is 5.53. The Balaban J connectivity index is 1.96. The van der Waals surface area contributed by atoms with Crippen molar-refractivity contribution in [1.29, 1.82) is 0 Å². The molecule has 0 heterocycles. The van der Waals surface area contributed by atoms with Crippen LogP contribution in [0.2, 0.25) is 0 Å². The van der Waals surface area contributed by atoms with Crippen LogP contribution in [0.3, 0.4) is 0 Å². The largest absolute Gasteiger partial charge is 0.493 e. The molecule has 0 aliphatic carbocycles. The zero-order chi connectivity index (χ0) is 17.4. The third-order valence-electron chi connectivity index (χ3n) is 3.95. The molecule has 0 aliphatic rings. The number of ether oxygens (including phenoxy) is 2. The zero-order valence-electron chi connectivity index (χ0n) is 14.6. The predicted octanol–water partition coefficient (Wildman–Crippen LogP) is 4.97. The van der Waals surface area contributed by atoms with Crippen molar-refractivity contribution in [3.05, 3.63) is 58.1 Å². The average molecular weight is 392 g/mol. The minimum atomic E-state index is 0.421. The van der Waals surface area contributed by atoms with Gasteiger partial charge < -0.3 is 14.8 Å². The number of aryl methyl sites for hydroxylation is 1. The van der Waals surface area contributed by atoms with E-state index in [4.69, 9.17) is 9.47 Å². The first-order chi connectivity index (χ1) is 11.6. The van der Waals surface area contributed by atoms with Crippen LogP contribution in [0.1, 0.15) is 31.4 Å². The molecule has 0 saturated carbocycles. The maximum Gasteiger partial charge on any atom is 0.165 e. The van der Waals surface area contributed by atoms with Gasteiger partial charge in [-0.15, -0.1) is 0 Å². The van der Waals surface area contributed by atoms with Crippen LogP contribution in [0.15, 0.2) is 46.9 Å². The van der Waals surface area contributed by atoms with Crippen LogP contribution in [0.25, 0.3) is 0 Å². The molecule has 0 bridgehead atoms. The van der Waals surface area contributed by atoms with Crippen molar-refractivity contribution >= 4 is 15.9 Å². The second kappa shape index (κ2) is 9.70. The third-order valence-corrected chi connectivity index (χ3v) is 4.41. The summed E-state index contributed by atoms with van der Waals surface area (Å²) in [5, 5.41) is 3.59. The van der Waals surface area contributed by atoms with Gasteiger partial charge in [-0.3, -0.25) is 0 Å². The number of rotatable bonds is 9. The van der Waals surface area contributed by atoms with Crippen molar-refractivity contribution in [3.8, 4) is 11.5 Å². The van der Waals surface area contributed by atoms with Gasteiger partial charge in [-0.2, -0.15) is 0 Å². The van der Waals surface area contributed by atoms with Crippen molar-refractivity contribution in [2.24, 2.45) is 0 Å². The molecule has 0 radical (unpaired) electrons. The lowest BCUT2D eigenvalue weighted by Crippen LogP contribution is -2.26. The molecule has 1 N–H and O–H groups in total. The minimum absolute atomic E-state index is 0.421. The molecule has 1 unspecified atom stereocenters. The topological polar surface area (TPSA) is 30.5 Å². The SMILES string of the molecule is CCOc1c(CNC(C)CCc2ccccc2)cc(Br)cc1OC. The number of hydrogen-bond acceptors (Lipinski definition) is 3. The van der Waals surface area contributed by atoms with Gasteiger partial charge >= 0.3 is 0 Å². The molecular formula is C20H26BrNO2. The van der Waals surface area contributed by atoms with E-state index in [2.05, 4.69) is 64.6 Å². The van der Waals surface area contributed by atoms with E-state index in [1.54, 1.807) is 7.11 Å². The maximum atomic E-state index is 5.79. The molecule has 0 amide bonds. The summed E-state index contributed by atoms with van der Waals surface area (Å²) in [5.74, 6) is 1.59. The first-order valence-electron chi connectivity index (χ1n) is 8.40. The Morgan fingerprint density at radius 3 is 2.58 bits per heavy atom. The standard InChI is InChI=1S/C20H26BrNO2/c1-4-24-20-17(12-18(21)13-19(20)23-3)14-22-15(2)10-11-16-8-6-5-7-9-16/h5-9,12-13,15,22H,4,10-11,14H2,1-3H3. The molecule has 2 aromatic rings. The molecule has 24 heavy (non-hydrogen) atoms. The van der Waals surface area contributed by atoms with E-state index in [1.165, 1.54) is 5.56 Å². The van der Waals surface area contributed by atoms with Gasteiger partial charge in [-0.1, -0.05) is 46.3 Å². The summed E-state index contributed by atoms with van der Waals surface area (Å²) in [5.41, 5.74) is 2.49. The Hall–Kier alpha value is -1.52. The summed E-state index contributed by atoms with van der Waals surface area (Å²) in [6.07, 6.45) is 2.17. The van der Waals surface area contributed by atoms with E-state index in [9.17, 15) is 0 Å². The van der Waals surface area contributed by atoms with Crippen molar-refractivity contribution < 1.29 is 9.47 Å². The van der Waals surface area contributed by atoms with Gasteiger partial charge in [-0.25, -0.2) is 0 Å². The Morgan fingerprint density at radius 2 is 1.92 bits per heavy atom. The van der Waals surface area contributed by atoms with E-state index in [0.717, 1.165) is 40.9 Å². The van der Waals surface area contributed by atoms with Gasteiger partial charge in [0.1, 0.15) is 0 Å². The lowest BCUT2D eigenvalue weighted by atomic mass is 10.1. The monoisotopic (exact) mass is 391 g/mol. The van der Waals surface area contributed by atoms with Crippen molar-refractivity contribution in [1.82, 2.24) is 5.32 Å². The van der Waals surface area contributed by atoms with Gasteiger partial charge in [0, 0.05) is 22.6 Å². The quantitative estimate of drug-likeness (QED) is 0.654. The predicted molar refractivity (Wildman–Crippen MR) is 103 cm³/mol. The van der Waals surface area contributed by atoms with E-state index >= 15 is 0 Å². The molecule has 0 aromatic heterocycles. The van der Waals surface area contributed by atoms with Crippen LogP contribution in [-0.4, -0.2) is 19.8 Å². The number of methoxy groups -OCH3 is 1. The van der Waals surface area contributed by atoms with Gasteiger partial charge in [0.2, 0.25) is 0 Å². The molecular weight excluding hydrogens is 366 g/mol. The fourth-order valence-electron chi connectivity index (χ4n) is 2.63. The number of halogens is 1.